The highest BCUT2D eigenvalue weighted by Crippen LogP contribution is 2.31. The van der Waals surface area contributed by atoms with Crippen LogP contribution in [-0.4, -0.2) is 33.7 Å². The van der Waals surface area contributed by atoms with Gasteiger partial charge in [-0.3, -0.25) is 4.79 Å². The molecule has 0 heterocycles. The number of hydrogen-bond acceptors (Lipinski definition) is 4. The highest BCUT2D eigenvalue weighted by molar-refractivity contribution is 7.92. The van der Waals surface area contributed by atoms with E-state index in [9.17, 15) is 26.4 Å². The van der Waals surface area contributed by atoms with E-state index >= 15 is 0 Å². The van der Waals surface area contributed by atoms with Crippen molar-refractivity contribution in [2.24, 2.45) is 0 Å². The van der Waals surface area contributed by atoms with E-state index < -0.39 is 33.1 Å². The Bertz CT molecular complexity index is 839. The highest BCUT2D eigenvalue weighted by atomic mass is 32.2. The van der Waals surface area contributed by atoms with E-state index in [-0.39, 0.29) is 11.5 Å². The van der Waals surface area contributed by atoms with Crippen molar-refractivity contribution in [2.75, 3.05) is 19.5 Å². The molecule has 0 aromatic heterocycles. The van der Waals surface area contributed by atoms with Crippen molar-refractivity contribution < 1.29 is 31.1 Å². The Morgan fingerprint density at radius 3 is 1.88 bits per heavy atom. The molecular formula is C17H15F3O4S. The van der Waals surface area contributed by atoms with Crippen molar-refractivity contribution in [1.82, 2.24) is 0 Å². The lowest BCUT2D eigenvalue weighted by atomic mass is 10.0. The molecule has 8 heteroatoms. The van der Waals surface area contributed by atoms with Crippen LogP contribution in [0, 0.1) is 0 Å². The first kappa shape index (κ1) is 19.1. The first-order valence-electron chi connectivity index (χ1n) is 7.14. The minimum atomic E-state index is -4.41. The molecule has 134 valence electrons. The van der Waals surface area contributed by atoms with Gasteiger partial charge in [-0.1, -0.05) is 24.3 Å². The molecule has 0 N–H and O–H groups in total. The molecule has 0 atom stereocenters. The van der Waals surface area contributed by atoms with Crippen LogP contribution in [0.5, 0.6) is 0 Å². The largest absolute Gasteiger partial charge is 0.416 e. The number of halogens is 3. The summed E-state index contributed by atoms with van der Waals surface area (Å²) in [5.74, 6) is -1.23. The molecule has 2 rings (SSSR count). The first-order valence-corrected chi connectivity index (χ1v) is 8.80. The number of carbonyl (C=O) groups is 1. The van der Waals surface area contributed by atoms with Crippen LogP contribution in [0.2, 0.25) is 0 Å². The molecule has 25 heavy (non-hydrogen) atoms. The van der Waals surface area contributed by atoms with Gasteiger partial charge in [0.2, 0.25) is 0 Å². The third-order valence-electron chi connectivity index (χ3n) is 3.42. The zero-order chi connectivity index (χ0) is 18.7. The Hall–Kier alpha value is -2.19. The molecule has 0 spiro atoms. The molecule has 0 bridgehead atoms. The zero-order valence-electron chi connectivity index (χ0n) is 13.2. The number of rotatable bonds is 6. The van der Waals surface area contributed by atoms with Crippen LogP contribution in [0.4, 0.5) is 13.2 Å². The van der Waals surface area contributed by atoms with Crippen LogP contribution in [0.15, 0.2) is 53.4 Å². The summed E-state index contributed by atoms with van der Waals surface area (Å²) in [5.41, 5.74) is 0.329. The first-order chi connectivity index (χ1) is 11.6. The molecule has 2 aromatic carbocycles. The van der Waals surface area contributed by atoms with Gasteiger partial charge in [-0.05, 0) is 35.4 Å². The summed E-state index contributed by atoms with van der Waals surface area (Å²) in [5, 5.41) is 0. The van der Waals surface area contributed by atoms with Gasteiger partial charge in [0.25, 0.3) is 0 Å². The number of ketones is 1. The van der Waals surface area contributed by atoms with Gasteiger partial charge in [0, 0.05) is 7.11 Å². The second kappa shape index (κ2) is 7.37. The Kier molecular flexibility index (Phi) is 5.64. The SMILES string of the molecule is COCC(=O)CS(=O)(=O)c1ccc(-c2ccc(C(F)(F)F)cc2)cc1. The Labute approximate surface area is 143 Å². The number of benzene rings is 2. The zero-order valence-corrected chi connectivity index (χ0v) is 14.0. The van der Waals surface area contributed by atoms with E-state index in [2.05, 4.69) is 4.74 Å². The van der Waals surface area contributed by atoms with Gasteiger partial charge in [-0.15, -0.1) is 0 Å². The topological polar surface area (TPSA) is 60.4 Å². The number of Topliss-reactive ketones (excluding diaryl/α,β-unsaturated/α-hetero) is 1. The summed E-state index contributed by atoms with van der Waals surface area (Å²) in [7, 11) is -2.49. The average molecular weight is 372 g/mol. The van der Waals surface area contributed by atoms with Crippen molar-refractivity contribution in [3.63, 3.8) is 0 Å². The lowest BCUT2D eigenvalue weighted by molar-refractivity contribution is -0.137. The standard InChI is InChI=1S/C17H15F3O4S/c1-24-10-15(21)11-25(22,23)16-8-4-13(5-9-16)12-2-6-14(7-3-12)17(18,19)20/h2-9H,10-11H2,1H3. The number of sulfone groups is 1. The molecule has 0 amide bonds. The van der Waals surface area contributed by atoms with Crippen LogP contribution in [0.3, 0.4) is 0 Å². The van der Waals surface area contributed by atoms with Crippen molar-refractivity contribution in [3.8, 4) is 11.1 Å². The average Bonchev–Trinajstić information content (AvgIpc) is 2.54. The molecule has 0 fully saturated rings. The Balaban J connectivity index is 2.21. The van der Waals surface area contributed by atoms with Gasteiger partial charge >= 0.3 is 6.18 Å². The van der Waals surface area contributed by atoms with Gasteiger partial charge < -0.3 is 4.74 Å². The third-order valence-corrected chi connectivity index (χ3v) is 5.11. The van der Waals surface area contributed by atoms with Crippen LogP contribution in [-0.2, 0) is 25.5 Å². The van der Waals surface area contributed by atoms with Gasteiger partial charge in [-0.25, -0.2) is 8.42 Å². The third kappa shape index (κ3) is 4.90. The summed E-state index contributed by atoms with van der Waals surface area (Å²) >= 11 is 0. The lowest BCUT2D eigenvalue weighted by Crippen LogP contribution is -2.19. The van der Waals surface area contributed by atoms with E-state index in [0.717, 1.165) is 12.1 Å². The maximum atomic E-state index is 12.6. The second-order valence-corrected chi connectivity index (χ2v) is 7.32. The number of methoxy groups -OCH3 is 1. The minimum Gasteiger partial charge on any atom is -0.377 e. The minimum absolute atomic E-state index is 0.0346. The second-order valence-electron chi connectivity index (χ2n) is 5.33. The molecule has 4 nitrogen and oxygen atoms in total. The molecule has 0 aliphatic rings. The van der Waals surface area contributed by atoms with Crippen molar-refractivity contribution in [1.29, 1.82) is 0 Å². The molecule has 0 saturated heterocycles. The molecule has 0 unspecified atom stereocenters. The van der Waals surface area contributed by atoms with E-state index in [1.807, 2.05) is 0 Å². The van der Waals surface area contributed by atoms with Gasteiger partial charge in [0.05, 0.1) is 10.5 Å². The van der Waals surface area contributed by atoms with Crippen LogP contribution in [0.1, 0.15) is 5.56 Å². The summed E-state index contributed by atoms with van der Waals surface area (Å²) in [6.45, 7) is -0.289. The predicted octanol–water partition coefficient (Wildman–Crippen LogP) is 3.36. The fourth-order valence-electron chi connectivity index (χ4n) is 2.20. The molecule has 2 aromatic rings. The lowest BCUT2D eigenvalue weighted by Gasteiger charge is -2.09. The summed E-state index contributed by atoms with van der Waals surface area (Å²) in [6, 6.07) is 10.2. The van der Waals surface area contributed by atoms with E-state index in [0.29, 0.717) is 11.1 Å². The Morgan fingerprint density at radius 2 is 1.44 bits per heavy atom. The van der Waals surface area contributed by atoms with Crippen LogP contribution < -0.4 is 0 Å². The maximum absolute atomic E-state index is 12.6. The fourth-order valence-corrected chi connectivity index (χ4v) is 3.43. The molecule has 0 saturated carbocycles. The molecular weight excluding hydrogens is 357 g/mol. The van der Waals surface area contributed by atoms with Gasteiger partial charge in [-0.2, -0.15) is 13.2 Å². The number of carbonyl (C=O) groups excluding carboxylic acids is 1. The highest BCUT2D eigenvalue weighted by Gasteiger charge is 2.30. The van der Waals surface area contributed by atoms with E-state index in [1.165, 1.54) is 43.5 Å². The van der Waals surface area contributed by atoms with Crippen molar-refractivity contribution >= 4 is 15.6 Å². The summed E-state index contributed by atoms with van der Waals surface area (Å²) in [4.78, 5) is 11.4. The number of alkyl halides is 3. The quantitative estimate of drug-likeness (QED) is 0.780. The normalized spacial score (nSPS) is 12.2. The maximum Gasteiger partial charge on any atom is 0.416 e. The number of hydrogen-bond donors (Lipinski definition) is 0. The fraction of sp³-hybridized carbons (Fsp3) is 0.235. The smallest absolute Gasteiger partial charge is 0.377 e. The van der Waals surface area contributed by atoms with Gasteiger partial charge in [0.15, 0.2) is 15.6 Å². The van der Waals surface area contributed by atoms with Crippen molar-refractivity contribution in [3.05, 3.63) is 54.1 Å². The van der Waals surface area contributed by atoms with Crippen molar-refractivity contribution in [2.45, 2.75) is 11.1 Å². The van der Waals surface area contributed by atoms with Crippen LogP contribution in [0.25, 0.3) is 11.1 Å². The van der Waals surface area contributed by atoms with Gasteiger partial charge in [0.1, 0.15) is 12.4 Å². The monoisotopic (exact) mass is 372 g/mol. The summed E-state index contributed by atoms with van der Waals surface area (Å²) < 4.78 is 66.5. The summed E-state index contributed by atoms with van der Waals surface area (Å²) in [6.07, 6.45) is -4.41. The van der Waals surface area contributed by atoms with E-state index in [4.69, 9.17) is 0 Å². The molecule has 0 aliphatic heterocycles. The Morgan fingerprint density at radius 1 is 0.960 bits per heavy atom. The molecule has 0 aliphatic carbocycles. The number of ether oxygens (including phenoxy) is 1. The molecule has 0 radical (unpaired) electrons. The van der Waals surface area contributed by atoms with Crippen LogP contribution >= 0.6 is 0 Å². The van der Waals surface area contributed by atoms with E-state index in [1.54, 1.807) is 0 Å². The predicted molar refractivity (Wildman–Crippen MR) is 85.8 cm³/mol.